The van der Waals surface area contributed by atoms with Gasteiger partial charge in [0.2, 0.25) is 15.9 Å². The van der Waals surface area contributed by atoms with Crippen molar-refractivity contribution in [2.45, 2.75) is 44.3 Å². The van der Waals surface area contributed by atoms with Crippen LogP contribution in [0, 0.1) is 5.82 Å². The Labute approximate surface area is 193 Å². The summed E-state index contributed by atoms with van der Waals surface area (Å²) in [5, 5.41) is 1.95. The van der Waals surface area contributed by atoms with Gasteiger partial charge in [0.25, 0.3) is 0 Å². The molecule has 0 saturated heterocycles. The summed E-state index contributed by atoms with van der Waals surface area (Å²) < 4.78 is 41.2. The zero-order chi connectivity index (χ0) is 23.4. The number of hydrogen-bond acceptors (Lipinski definition) is 4. The zero-order valence-electron chi connectivity index (χ0n) is 18.4. The van der Waals surface area contributed by atoms with E-state index in [1.54, 1.807) is 37.0 Å². The molecule has 0 aliphatic carbocycles. The number of hydrogen-bond donors (Lipinski definition) is 0. The van der Waals surface area contributed by atoms with Gasteiger partial charge < -0.3 is 4.90 Å². The second-order valence-corrected chi connectivity index (χ2v) is 11.3. The van der Waals surface area contributed by atoms with Crippen LogP contribution in [0.15, 0.2) is 77.0 Å². The van der Waals surface area contributed by atoms with Crippen LogP contribution >= 0.6 is 11.3 Å². The summed E-state index contributed by atoms with van der Waals surface area (Å²) >= 11 is 1.55. The first-order chi connectivity index (χ1) is 15.1. The Balaban J connectivity index is 1.90. The summed E-state index contributed by atoms with van der Waals surface area (Å²) in [6, 6.07) is 18.1. The van der Waals surface area contributed by atoms with Crippen molar-refractivity contribution in [1.29, 1.82) is 0 Å². The van der Waals surface area contributed by atoms with E-state index in [0.717, 1.165) is 22.6 Å². The van der Waals surface area contributed by atoms with Gasteiger partial charge in [-0.2, -0.15) is 4.31 Å². The molecule has 0 fully saturated rings. The van der Waals surface area contributed by atoms with E-state index in [1.807, 2.05) is 47.8 Å². The number of rotatable bonds is 8. The molecule has 5 nitrogen and oxygen atoms in total. The van der Waals surface area contributed by atoms with E-state index in [2.05, 4.69) is 0 Å². The predicted octanol–water partition coefficient (Wildman–Crippen LogP) is 4.91. The lowest BCUT2D eigenvalue weighted by molar-refractivity contribution is -0.133. The first kappa shape index (κ1) is 24.1. The van der Waals surface area contributed by atoms with Crippen LogP contribution in [0.1, 0.15) is 31.2 Å². The molecule has 0 bridgehead atoms. The molecule has 0 N–H and O–H groups in total. The number of carbonyl (C=O) groups excluding carboxylic acids is 1. The third-order valence-electron chi connectivity index (χ3n) is 4.92. The molecule has 1 heterocycles. The number of halogens is 1. The molecule has 32 heavy (non-hydrogen) atoms. The van der Waals surface area contributed by atoms with Gasteiger partial charge >= 0.3 is 0 Å². The van der Waals surface area contributed by atoms with E-state index in [4.69, 9.17) is 0 Å². The Morgan fingerprint density at radius 1 is 0.938 bits per heavy atom. The molecule has 3 rings (SSSR count). The Morgan fingerprint density at radius 2 is 1.59 bits per heavy atom. The largest absolute Gasteiger partial charge is 0.332 e. The average Bonchev–Trinajstić information content (AvgIpc) is 3.24. The fourth-order valence-electron chi connectivity index (χ4n) is 3.27. The van der Waals surface area contributed by atoms with Crippen molar-refractivity contribution in [3.63, 3.8) is 0 Å². The van der Waals surface area contributed by atoms with Crippen molar-refractivity contribution >= 4 is 27.3 Å². The molecule has 1 aromatic heterocycles. The van der Waals surface area contributed by atoms with Crippen molar-refractivity contribution in [2.75, 3.05) is 6.54 Å². The normalized spacial score (nSPS) is 12.2. The smallest absolute Gasteiger partial charge is 0.244 e. The molecule has 0 spiro atoms. The molecule has 1 amide bonds. The van der Waals surface area contributed by atoms with Crippen molar-refractivity contribution in [3.8, 4) is 0 Å². The molecular formula is C24H27FN2O3S2. The van der Waals surface area contributed by atoms with Gasteiger partial charge in [0, 0.05) is 17.0 Å². The highest BCUT2D eigenvalue weighted by atomic mass is 32.2. The van der Waals surface area contributed by atoms with E-state index >= 15 is 0 Å². The quantitative estimate of drug-likeness (QED) is 0.466. The van der Waals surface area contributed by atoms with Crippen molar-refractivity contribution in [1.82, 2.24) is 9.21 Å². The minimum atomic E-state index is -4.02. The molecule has 8 heteroatoms. The molecule has 3 aromatic rings. The number of thiophene rings is 1. The van der Waals surface area contributed by atoms with Crippen molar-refractivity contribution < 1.29 is 17.6 Å². The Hall–Kier alpha value is -2.55. The maximum atomic E-state index is 13.4. The highest BCUT2D eigenvalue weighted by Crippen LogP contribution is 2.25. The summed E-state index contributed by atoms with van der Waals surface area (Å²) in [5.41, 5.74) is 0.102. The number of nitrogens with zero attached hydrogens (tertiary/aromatic N) is 2. The summed E-state index contributed by atoms with van der Waals surface area (Å²) in [6.07, 6.45) is 0. The summed E-state index contributed by atoms with van der Waals surface area (Å²) in [4.78, 5) is 16.1. The lowest BCUT2D eigenvalue weighted by Crippen LogP contribution is -2.50. The Bertz CT molecular complexity index is 1120. The molecule has 170 valence electrons. The highest BCUT2D eigenvalue weighted by molar-refractivity contribution is 7.89. The highest BCUT2D eigenvalue weighted by Gasteiger charge is 2.36. The van der Waals surface area contributed by atoms with E-state index in [9.17, 15) is 17.6 Å². The monoisotopic (exact) mass is 474 g/mol. The van der Waals surface area contributed by atoms with Gasteiger partial charge in [0.05, 0.1) is 18.0 Å². The standard InChI is InChI=1S/C24H27FN2O3S2/c1-24(2,3)27(32(29,30)22-13-11-20(25)12-14-22)18-23(28)26(17-21-10-7-15-31-21)16-19-8-5-4-6-9-19/h4-15H,16-18H2,1-3H3. The van der Waals surface area contributed by atoms with E-state index < -0.39 is 21.4 Å². The second kappa shape index (κ2) is 9.94. The van der Waals surface area contributed by atoms with Crippen LogP contribution < -0.4 is 0 Å². The topological polar surface area (TPSA) is 57.7 Å². The molecule has 0 aliphatic rings. The predicted molar refractivity (Wildman–Crippen MR) is 125 cm³/mol. The van der Waals surface area contributed by atoms with Gasteiger partial charge in [-0.15, -0.1) is 11.3 Å². The minimum Gasteiger partial charge on any atom is -0.332 e. The molecule has 2 aromatic carbocycles. The molecule has 0 radical (unpaired) electrons. The van der Waals surface area contributed by atoms with Crippen LogP contribution in [-0.2, 0) is 27.9 Å². The maximum absolute atomic E-state index is 13.4. The Morgan fingerprint density at radius 3 is 2.16 bits per heavy atom. The third-order valence-corrected chi connectivity index (χ3v) is 7.91. The van der Waals surface area contributed by atoms with Gasteiger partial charge in [-0.3, -0.25) is 4.79 Å². The van der Waals surface area contributed by atoms with Crippen molar-refractivity contribution in [3.05, 3.63) is 88.4 Å². The SMILES string of the molecule is CC(C)(C)N(CC(=O)N(Cc1ccccc1)Cc1cccs1)S(=O)(=O)c1ccc(F)cc1. The molecule has 0 aliphatic heterocycles. The van der Waals surface area contributed by atoms with Gasteiger partial charge in [0.15, 0.2) is 0 Å². The van der Waals surface area contributed by atoms with E-state index in [1.165, 1.54) is 16.4 Å². The van der Waals surface area contributed by atoms with Crippen LogP contribution in [0.25, 0.3) is 0 Å². The zero-order valence-corrected chi connectivity index (χ0v) is 20.0. The van der Waals surface area contributed by atoms with Gasteiger partial charge in [-0.05, 0) is 62.0 Å². The summed E-state index contributed by atoms with van der Waals surface area (Å²) in [6.45, 7) is 5.65. The minimum absolute atomic E-state index is 0.0468. The fourth-order valence-corrected chi connectivity index (χ4v) is 5.72. The van der Waals surface area contributed by atoms with Crippen LogP contribution in [0.3, 0.4) is 0 Å². The van der Waals surface area contributed by atoms with Crippen LogP contribution in [0.5, 0.6) is 0 Å². The number of sulfonamides is 1. The Kier molecular flexibility index (Phi) is 7.48. The van der Waals surface area contributed by atoms with Crippen molar-refractivity contribution in [2.24, 2.45) is 0 Å². The number of amides is 1. The summed E-state index contributed by atoms with van der Waals surface area (Å²) in [5.74, 6) is -0.824. The number of carbonyl (C=O) groups is 1. The lowest BCUT2D eigenvalue weighted by atomic mass is 10.1. The third kappa shape index (κ3) is 6.03. The molecule has 0 unspecified atom stereocenters. The van der Waals surface area contributed by atoms with Gasteiger partial charge in [-0.1, -0.05) is 36.4 Å². The maximum Gasteiger partial charge on any atom is 0.244 e. The molecule has 0 saturated carbocycles. The second-order valence-electron chi connectivity index (χ2n) is 8.45. The average molecular weight is 475 g/mol. The number of benzene rings is 2. The van der Waals surface area contributed by atoms with Crippen LogP contribution in [0.4, 0.5) is 4.39 Å². The van der Waals surface area contributed by atoms with Crippen LogP contribution in [-0.4, -0.2) is 35.6 Å². The first-order valence-electron chi connectivity index (χ1n) is 10.2. The van der Waals surface area contributed by atoms with Gasteiger partial charge in [-0.25, -0.2) is 12.8 Å². The fraction of sp³-hybridized carbons (Fsp3) is 0.292. The molecule has 0 atom stereocenters. The van der Waals surface area contributed by atoms with Gasteiger partial charge in [0.1, 0.15) is 5.82 Å². The first-order valence-corrected chi connectivity index (χ1v) is 12.5. The summed E-state index contributed by atoms with van der Waals surface area (Å²) in [7, 11) is -4.02. The van der Waals surface area contributed by atoms with E-state index in [0.29, 0.717) is 13.1 Å². The lowest BCUT2D eigenvalue weighted by Gasteiger charge is -2.35. The van der Waals surface area contributed by atoms with Crippen LogP contribution in [0.2, 0.25) is 0 Å². The molecular weight excluding hydrogens is 447 g/mol. The van der Waals surface area contributed by atoms with E-state index in [-0.39, 0.29) is 17.3 Å².